The summed E-state index contributed by atoms with van der Waals surface area (Å²) in [5, 5.41) is 13.9. The molecule has 0 aromatic heterocycles. The molecule has 0 aliphatic carbocycles. The predicted molar refractivity (Wildman–Crippen MR) is 348 cm³/mol. The van der Waals surface area contributed by atoms with E-state index >= 15 is 0 Å². The van der Waals surface area contributed by atoms with E-state index in [4.69, 9.17) is 9.05 Å². The Kier molecular flexibility index (Phi) is 59.5. The predicted octanol–water partition coefficient (Wildman–Crippen LogP) is 20.9. The van der Waals surface area contributed by atoms with Crippen molar-refractivity contribution in [1.29, 1.82) is 0 Å². The minimum absolute atomic E-state index is 0.00942. The first-order valence-electron chi connectivity index (χ1n) is 33.9. The summed E-state index contributed by atoms with van der Waals surface area (Å²) in [6.45, 7) is 4.52. The first-order valence-corrected chi connectivity index (χ1v) is 35.4. The van der Waals surface area contributed by atoms with Crippen LogP contribution in [0.25, 0.3) is 0 Å². The van der Waals surface area contributed by atoms with Crippen LogP contribution in [0.15, 0.2) is 85.1 Å². The van der Waals surface area contributed by atoms with Crippen molar-refractivity contribution in [1.82, 2.24) is 5.32 Å². The van der Waals surface area contributed by atoms with Gasteiger partial charge in [-0.2, -0.15) is 0 Å². The molecule has 0 aromatic rings. The van der Waals surface area contributed by atoms with Gasteiger partial charge in [-0.1, -0.05) is 304 Å². The average molecular weight is 1140 g/mol. The van der Waals surface area contributed by atoms with E-state index in [1.54, 1.807) is 6.08 Å². The first-order chi connectivity index (χ1) is 39.0. The lowest BCUT2D eigenvalue weighted by molar-refractivity contribution is -0.870. The number of carbonyl (C=O) groups is 1. The Labute approximate surface area is 497 Å². The summed E-state index contributed by atoms with van der Waals surface area (Å²) in [6, 6.07) is -0.911. The zero-order valence-corrected chi connectivity index (χ0v) is 54.2. The van der Waals surface area contributed by atoms with Crippen LogP contribution in [0.5, 0.6) is 0 Å². The number of allylic oxidation sites excluding steroid dienone is 13. The fourth-order valence-corrected chi connectivity index (χ4v) is 10.5. The van der Waals surface area contributed by atoms with Gasteiger partial charge in [0.05, 0.1) is 39.9 Å². The number of unbranched alkanes of at least 4 members (excludes halogenated alkanes) is 37. The van der Waals surface area contributed by atoms with Crippen LogP contribution in [-0.2, 0) is 18.4 Å². The Morgan fingerprint density at radius 2 is 0.775 bits per heavy atom. The maximum absolute atomic E-state index is 13.0. The lowest BCUT2D eigenvalue weighted by Crippen LogP contribution is -2.45. The molecule has 0 saturated heterocycles. The van der Waals surface area contributed by atoms with E-state index in [0.29, 0.717) is 17.4 Å². The lowest BCUT2D eigenvalue weighted by atomic mass is 10.0. The van der Waals surface area contributed by atoms with Crippen LogP contribution in [-0.4, -0.2) is 68.5 Å². The zero-order chi connectivity index (χ0) is 58.4. The van der Waals surface area contributed by atoms with E-state index < -0.39 is 26.6 Å². The normalized spacial score (nSPS) is 14.2. The van der Waals surface area contributed by atoms with Crippen molar-refractivity contribution in [2.45, 2.75) is 321 Å². The molecule has 0 spiro atoms. The second kappa shape index (κ2) is 61.2. The van der Waals surface area contributed by atoms with Crippen LogP contribution in [0.2, 0.25) is 0 Å². The lowest BCUT2D eigenvalue weighted by Gasteiger charge is -2.29. The van der Waals surface area contributed by atoms with Gasteiger partial charge in [0.15, 0.2) is 0 Å². The maximum Gasteiger partial charge on any atom is 0.268 e. The Bertz CT molecular complexity index is 1580. The van der Waals surface area contributed by atoms with Crippen molar-refractivity contribution in [2.24, 2.45) is 0 Å². The third-order valence-corrected chi connectivity index (χ3v) is 16.0. The molecule has 0 bridgehead atoms. The summed E-state index contributed by atoms with van der Waals surface area (Å²) >= 11 is 0. The molecule has 3 unspecified atom stereocenters. The number of nitrogens with zero attached hydrogens (tertiary/aromatic N) is 1. The second-order valence-electron chi connectivity index (χ2n) is 24.1. The molecule has 2 N–H and O–H groups in total. The van der Waals surface area contributed by atoms with Crippen molar-refractivity contribution in [2.75, 3.05) is 40.9 Å². The number of amides is 1. The molecule has 80 heavy (non-hydrogen) atoms. The van der Waals surface area contributed by atoms with Gasteiger partial charge in [-0.15, -0.1) is 0 Å². The Hall–Kier alpha value is -2.32. The molecule has 0 radical (unpaired) electrons. The number of likely N-dealkylation sites (N-methyl/N-ethyl adjacent to an activating group) is 1. The van der Waals surface area contributed by atoms with E-state index in [-0.39, 0.29) is 12.5 Å². The third kappa shape index (κ3) is 63.3. The second-order valence-corrected chi connectivity index (χ2v) is 25.5. The van der Waals surface area contributed by atoms with Gasteiger partial charge in [0.2, 0.25) is 5.91 Å². The molecule has 0 saturated carbocycles. The summed E-state index contributed by atoms with van der Waals surface area (Å²) in [4.78, 5) is 25.5. The zero-order valence-electron chi connectivity index (χ0n) is 53.3. The van der Waals surface area contributed by atoms with Gasteiger partial charge < -0.3 is 28.8 Å². The quantitative estimate of drug-likeness (QED) is 0.0272. The van der Waals surface area contributed by atoms with E-state index in [0.717, 1.165) is 70.6 Å². The van der Waals surface area contributed by atoms with Crippen molar-refractivity contribution in [3.05, 3.63) is 85.1 Å². The van der Waals surface area contributed by atoms with E-state index in [9.17, 15) is 19.4 Å². The molecule has 9 heteroatoms. The number of nitrogens with one attached hydrogen (secondary N) is 1. The highest BCUT2D eigenvalue weighted by molar-refractivity contribution is 7.45. The Morgan fingerprint density at radius 3 is 1.16 bits per heavy atom. The smallest absolute Gasteiger partial charge is 0.268 e. The summed E-state index contributed by atoms with van der Waals surface area (Å²) in [7, 11) is 1.24. The number of quaternary nitrogens is 1. The van der Waals surface area contributed by atoms with Gasteiger partial charge in [-0.3, -0.25) is 9.36 Å². The van der Waals surface area contributed by atoms with Crippen LogP contribution in [0.3, 0.4) is 0 Å². The number of aliphatic hydroxyl groups excluding tert-OH is 1. The number of aliphatic hydroxyl groups is 1. The van der Waals surface area contributed by atoms with Gasteiger partial charge in [0, 0.05) is 6.42 Å². The van der Waals surface area contributed by atoms with E-state index in [1.165, 1.54) is 218 Å². The molecule has 0 fully saturated rings. The highest BCUT2D eigenvalue weighted by atomic mass is 31.2. The topological polar surface area (TPSA) is 108 Å². The minimum Gasteiger partial charge on any atom is -0.756 e. The number of hydrogen-bond donors (Lipinski definition) is 2. The Balaban J connectivity index is 3.92. The number of rotatable bonds is 62. The molecule has 3 atom stereocenters. The van der Waals surface area contributed by atoms with Crippen LogP contribution < -0.4 is 10.2 Å². The molecule has 0 aliphatic rings. The monoisotopic (exact) mass is 1140 g/mol. The summed E-state index contributed by atoms with van der Waals surface area (Å²) in [5.74, 6) is -0.208. The van der Waals surface area contributed by atoms with Crippen LogP contribution in [0.1, 0.15) is 309 Å². The third-order valence-electron chi connectivity index (χ3n) is 15.1. The molecular formula is C71H131N2O6P. The van der Waals surface area contributed by atoms with Gasteiger partial charge in [0.25, 0.3) is 7.82 Å². The molecule has 1 amide bonds. The van der Waals surface area contributed by atoms with Gasteiger partial charge >= 0.3 is 0 Å². The number of hydrogen-bond acceptors (Lipinski definition) is 6. The summed E-state index contributed by atoms with van der Waals surface area (Å²) in [5.41, 5.74) is 0. The SMILES string of the molecule is CC/C=C\C/C=C\C/C=C\C/C=C\CCCCCCCCCCCCCCCCCCCCCCCCCCCCCCC(=O)NC(COP(=O)([O-])OCC[N+](C)(C)C)C(O)/C=C/CC/C=C/CC/C=C/CCCCCCCCC. The fraction of sp³-hybridized carbons (Fsp3) is 0.789. The summed E-state index contributed by atoms with van der Waals surface area (Å²) < 4.78 is 23.4. The van der Waals surface area contributed by atoms with Crippen molar-refractivity contribution in [3.8, 4) is 0 Å². The summed E-state index contributed by atoms with van der Waals surface area (Å²) in [6.07, 6.45) is 87.2. The standard InChI is InChI=1S/C71H131N2O6P/c1-6-8-10-12-14-16-18-20-22-24-25-26-27-28-29-30-31-32-33-34-35-36-37-38-39-40-41-42-43-44-45-46-47-49-51-53-55-57-59-61-63-65-71(75)72-69(68-79-80(76,77)78-67-66-73(3,4)5)70(74)64-62-60-58-56-54-52-50-48-23-21-19-17-15-13-11-9-7-2/h8,10,14,16,20,22-23,25-26,48,54,56,62,64,69-70,74H,6-7,9,11-13,15,17-19,21,24,27-47,49-53,55,57-61,63,65-68H2,1-5H3,(H-,72,75,76,77)/b10-8-,16-14-,22-20-,26-25-,48-23+,56-54+,64-62+. The molecule has 0 aromatic carbocycles. The molecule has 466 valence electrons. The number of carbonyl (C=O) groups excluding carboxylic acids is 1. The number of phosphoric ester groups is 1. The number of phosphoric acid groups is 1. The van der Waals surface area contributed by atoms with Crippen LogP contribution in [0, 0.1) is 0 Å². The van der Waals surface area contributed by atoms with Crippen LogP contribution >= 0.6 is 7.82 Å². The van der Waals surface area contributed by atoms with Gasteiger partial charge in [-0.05, 0) is 83.5 Å². The Morgan fingerprint density at radius 1 is 0.450 bits per heavy atom. The molecule has 0 rings (SSSR count). The highest BCUT2D eigenvalue weighted by Crippen LogP contribution is 2.38. The molecular weight excluding hydrogens is 1010 g/mol. The highest BCUT2D eigenvalue weighted by Gasteiger charge is 2.23. The first kappa shape index (κ1) is 77.7. The van der Waals surface area contributed by atoms with Crippen molar-refractivity contribution >= 4 is 13.7 Å². The van der Waals surface area contributed by atoms with Crippen molar-refractivity contribution < 1.29 is 32.9 Å². The van der Waals surface area contributed by atoms with Crippen molar-refractivity contribution in [3.63, 3.8) is 0 Å². The van der Waals surface area contributed by atoms with E-state index in [2.05, 4.69) is 92.1 Å². The molecule has 8 nitrogen and oxygen atoms in total. The average Bonchev–Trinajstić information content (AvgIpc) is 3.42. The fourth-order valence-electron chi connectivity index (χ4n) is 9.83. The van der Waals surface area contributed by atoms with Crippen LogP contribution in [0.4, 0.5) is 0 Å². The molecule has 0 aliphatic heterocycles. The largest absolute Gasteiger partial charge is 0.756 e. The van der Waals surface area contributed by atoms with E-state index in [1.807, 2.05) is 27.2 Å². The van der Waals surface area contributed by atoms with Gasteiger partial charge in [0.1, 0.15) is 13.2 Å². The molecule has 0 heterocycles. The minimum atomic E-state index is -4.61. The maximum atomic E-state index is 13.0. The van der Waals surface area contributed by atoms with Gasteiger partial charge in [-0.25, -0.2) is 0 Å².